The number of aromatic amines is 1. The fraction of sp³-hybridized carbons (Fsp3) is 0. The third-order valence-electron chi connectivity index (χ3n) is 3.82. The summed E-state index contributed by atoms with van der Waals surface area (Å²) in [6.07, 6.45) is 1.57. The van der Waals surface area contributed by atoms with Gasteiger partial charge in [-0.15, -0.1) is 0 Å². The van der Waals surface area contributed by atoms with Crippen molar-refractivity contribution in [2.45, 2.75) is 0 Å². The van der Waals surface area contributed by atoms with Gasteiger partial charge in [0.15, 0.2) is 5.82 Å². The van der Waals surface area contributed by atoms with Gasteiger partial charge in [-0.05, 0) is 60.7 Å². The number of hydrogen-bond acceptors (Lipinski definition) is 4. The highest BCUT2D eigenvalue weighted by molar-refractivity contribution is 7.71. The Hall–Kier alpha value is -2.67. The number of furan rings is 1. The van der Waals surface area contributed by atoms with E-state index in [4.69, 9.17) is 39.8 Å². The Morgan fingerprint density at radius 2 is 1.81 bits per heavy atom. The molecule has 5 nitrogen and oxygen atoms in total. The van der Waals surface area contributed by atoms with Gasteiger partial charge < -0.3 is 4.42 Å². The zero-order valence-electron chi connectivity index (χ0n) is 13.8. The van der Waals surface area contributed by atoms with Gasteiger partial charge in [-0.2, -0.15) is 14.9 Å². The maximum absolute atomic E-state index is 6.21. The molecule has 0 amide bonds. The highest BCUT2D eigenvalue weighted by Crippen LogP contribution is 2.28. The van der Waals surface area contributed by atoms with E-state index in [2.05, 4.69) is 15.3 Å². The second kappa shape index (κ2) is 7.52. The van der Waals surface area contributed by atoms with Crippen LogP contribution in [0.4, 0.5) is 0 Å². The minimum atomic E-state index is 0.370. The van der Waals surface area contributed by atoms with Crippen LogP contribution in [0, 0.1) is 4.77 Å². The summed E-state index contributed by atoms with van der Waals surface area (Å²) >= 11 is 17.4. The molecule has 0 spiro atoms. The van der Waals surface area contributed by atoms with Crippen LogP contribution >= 0.6 is 35.4 Å². The Morgan fingerprint density at radius 1 is 1.04 bits per heavy atom. The molecule has 0 radical (unpaired) electrons. The fourth-order valence-corrected chi connectivity index (χ4v) is 3.06. The maximum atomic E-state index is 6.21. The summed E-state index contributed by atoms with van der Waals surface area (Å²) in [4.78, 5) is 0. The van der Waals surface area contributed by atoms with Crippen LogP contribution in [0.25, 0.3) is 22.7 Å². The standard InChI is InChI=1S/C19H12Cl2N4OS/c20-13-7-5-12(6-8-13)18-23-24-19(27)25(18)22-11-14-9-10-17(26-14)15-3-1-2-4-16(15)21/h1-11H,(H,24,27)/b22-11+. The van der Waals surface area contributed by atoms with Gasteiger partial charge >= 0.3 is 0 Å². The average Bonchev–Trinajstić information content (AvgIpc) is 3.28. The van der Waals surface area contributed by atoms with Gasteiger partial charge in [0.1, 0.15) is 11.5 Å². The molecule has 2 aromatic heterocycles. The number of hydrogen-bond donors (Lipinski definition) is 1. The maximum Gasteiger partial charge on any atom is 0.216 e. The Morgan fingerprint density at radius 3 is 2.59 bits per heavy atom. The van der Waals surface area contributed by atoms with Crippen LogP contribution in [-0.4, -0.2) is 21.1 Å². The van der Waals surface area contributed by atoms with Crippen molar-refractivity contribution < 1.29 is 4.42 Å². The lowest BCUT2D eigenvalue weighted by molar-refractivity contribution is 0.574. The lowest BCUT2D eigenvalue weighted by Gasteiger charge is -2.01. The SMILES string of the molecule is S=c1[nH]nc(-c2ccc(Cl)cc2)n1/N=C/c1ccc(-c2ccccc2Cl)o1. The van der Waals surface area contributed by atoms with Gasteiger partial charge in [-0.3, -0.25) is 0 Å². The molecule has 0 saturated heterocycles. The van der Waals surface area contributed by atoms with Crippen molar-refractivity contribution in [3.8, 4) is 22.7 Å². The quantitative estimate of drug-likeness (QED) is 0.326. The molecule has 2 heterocycles. The molecular weight excluding hydrogens is 403 g/mol. The first-order valence-corrected chi connectivity index (χ1v) is 9.11. The molecule has 0 saturated carbocycles. The van der Waals surface area contributed by atoms with Gasteiger partial charge in [0.05, 0.1) is 11.2 Å². The Labute approximate surface area is 169 Å². The second-order valence-corrected chi connectivity index (χ2v) is 6.83. The highest BCUT2D eigenvalue weighted by Gasteiger charge is 2.09. The van der Waals surface area contributed by atoms with E-state index < -0.39 is 0 Å². The topological polar surface area (TPSA) is 59.1 Å². The Bertz CT molecular complexity index is 1170. The number of nitrogens with one attached hydrogen (secondary N) is 1. The van der Waals surface area contributed by atoms with E-state index in [1.165, 1.54) is 4.68 Å². The monoisotopic (exact) mass is 414 g/mol. The number of nitrogens with zero attached hydrogens (tertiary/aromatic N) is 3. The number of halogens is 2. The van der Waals surface area contributed by atoms with Crippen LogP contribution in [-0.2, 0) is 0 Å². The molecule has 0 unspecified atom stereocenters. The average molecular weight is 415 g/mol. The molecule has 0 atom stereocenters. The van der Waals surface area contributed by atoms with E-state index in [9.17, 15) is 0 Å². The van der Waals surface area contributed by atoms with Gasteiger partial charge in [0.2, 0.25) is 4.77 Å². The number of aromatic nitrogens is 3. The summed E-state index contributed by atoms with van der Waals surface area (Å²) in [5.41, 5.74) is 1.65. The first-order valence-electron chi connectivity index (χ1n) is 7.94. The number of rotatable bonds is 4. The molecule has 0 fully saturated rings. The third-order valence-corrected chi connectivity index (χ3v) is 4.67. The Kier molecular flexibility index (Phi) is 4.94. The fourth-order valence-electron chi connectivity index (χ4n) is 2.53. The Balaban J connectivity index is 1.65. The van der Waals surface area contributed by atoms with Gasteiger partial charge in [-0.1, -0.05) is 35.3 Å². The van der Waals surface area contributed by atoms with E-state index in [-0.39, 0.29) is 0 Å². The molecular formula is C19H12Cl2N4OS. The predicted molar refractivity (Wildman–Crippen MR) is 110 cm³/mol. The minimum absolute atomic E-state index is 0.370. The van der Waals surface area contributed by atoms with Crippen molar-refractivity contribution in [1.29, 1.82) is 0 Å². The van der Waals surface area contributed by atoms with Crippen LogP contribution < -0.4 is 0 Å². The summed E-state index contributed by atoms with van der Waals surface area (Å²) in [7, 11) is 0. The van der Waals surface area contributed by atoms with Crippen LogP contribution in [0.2, 0.25) is 10.0 Å². The van der Waals surface area contributed by atoms with Gasteiger partial charge in [0.25, 0.3) is 0 Å². The molecule has 1 N–H and O–H groups in total. The molecule has 0 aliphatic rings. The van der Waals surface area contributed by atoms with Crippen LogP contribution in [0.1, 0.15) is 5.76 Å². The van der Waals surface area contributed by atoms with E-state index in [0.29, 0.717) is 32.2 Å². The second-order valence-electron chi connectivity index (χ2n) is 5.60. The van der Waals surface area contributed by atoms with Gasteiger partial charge in [-0.25, -0.2) is 5.10 Å². The molecule has 0 bridgehead atoms. The third kappa shape index (κ3) is 3.73. The first kappa shape index (κ1) is 17.7. The predicted octanol–water partition coefficient (Wildman–Crippen LogP) is 6.06. The normalized spacial score (nSPS) is 11.3. The molecule has 4 aromatic rings. The van der Waals surface area contributed by atoms with Crippen molar-refractivity contribution >= 4 is 41.6 Å². The van der Waals surface area contributed by atoms with E-state index >= 15 is 0 Å². The molecule has 0 aliphatic heterocycles. The molecule has 8 heteroatoms. The van der Waals surface area contributed by atoms with E-state index in [1.807, 2.05) is 48.5 Å². The molecule has 2 aromatic carbocycles. The van der Waals surface area contributed by atoms with E-state index in [1.54, 1.807) is 18.3 Å². The van der Waals surface area contributed by atoms with Crippen molar-refractivity contribution in [3.63, 3.8) is 0 Å². The summed E-state index contributed by atoms with van der Waals surface area (Å²) in [5, 5.41) is 12.6. The zero-order chi connectivity index (χ0) is 18.8. The lowest BCUT2D eigenvalue weighted by atomic mass is 10.2. The molecule has 4 rings (SSSR count). The zero-order valence-corrected chi connectivity index (χ0v) is 16.1. The van der Waals surface area contributed by atoms with Crippen molar-refractivity contribution in [2.24, 2.45) is 5.10 Å². The van der Waals surface area contributed by atoms with Crippen LogP contribution in [0.3, 0.4) is 0 Å². The largest absolute Gasteiger partial charge is 0.455 e. The number of benzene rings is 2. The van der Waals surface area contributed by atoms with Crippen molar-refractivity contribution in [2.75, 3.05) is 0 Å². The molecule has 27 heavy (non-hydrogen) atoms. The minimum Gasteiger partial charge on any atom is -0.455 e. The van der Waals surface area contributed by atoms with Crippen LogP contribution in [0.15, 0.2) is 70.2 Å². The summed E-state index contributed by atoms with van der Waals surface area (Å²) < 4.78 is 7.71. The summed E-state index contributed by atoms with van der Waals surface area (Å²) in [6.45, 7) is 0. The van der Waals surface area contributed by atoms with Crippen molar-refractivity contribution in [1.82, 2.24) is 14.9 Å². The van der Waals surface area contributed by atoms with Crippen LogP contribution in [0.5, 0.6) is 0 Å². The number of H-pyrrole nitrogens is 1. The molecule has 134 valence electrons. The summed E-state index contributed by atoms with van der Waals surface area (Å²) in [5.74, 6) is 1.80. The smallest absolute Gasteiger partial charge is 0.216 e. The lowest BCUT2D eigenvalue weighted by Crippen LogP contribution is -1.94. The van der Waals surface area contributed by atoms with Gasteiger partial charge in [0, 0.05) is 16.1 Å². The molecule has 0 aliphatic carbocycles. The highest BCUT2D eigenvalue weighted by atomic mass is 35.5. The summed E-state index contributed by atoms with van der Waals surface area (Å²) in [6, 6.07) is 18.4. The first-order chi connectivity index (χ1) is 13.1. The van der Waals surface area contributed by atoms with E-state index in [0.717, 1.165) is 11.1 Å². The van der Waals surface area contributed by atoms with Crippen molar-refractivity contribution in [3.05, 3.63) is 81.2 Å².